The van der Waals surface area contributed by atoms with Gasteiger partial charge in [0.2, 0.25) is 10.0 Å². The van der Waals surface area contributed by atoms with Crippen molar-refractivity contribution in [3.63, 3.8) is 0 Å². The number of furan rings is 1. The second-order valence-corrected chi connectivity index (χ2v) is 9.89. The third-order valence-electron chi connectivity index (χ3n) is 4.77. The van der Waals surface area contributed by atoms with Crippen LogP contribution in [0.1, 0.15) is 30.0 Å². The minimum Gasteiger partial charge on any atom is -0.467 e. The Bertz CT molecular complexity index is 1050. The van der Waals surface area contributed by atoms with Gasteiger partial charge in [0, 0.05) is 18.7 Å². The van der Waals surface area contributed by atoms with E-state index in [0.29, 0.717) is 4.90 Å². The van der Waals surface area contributed by atoms with E-state index in [4.69, 9.17) is 20.8 Å². The average molecular weight is 495 g/mol. The lowest BCUT2D eigenvalue weighted by Crippen LogP contribution is -2.48. The van der Waals surface area contributed by atoms with E-state index in [-0.39, 0.29) is 46.5 Å². The maximum Gasteiger partial charge on any atom is 0.406 e. The molecule has 1 aromatic heterocycles. The molecule has 0 spiro atoms. The first-order valence-electron chi connectivity index (χ1n) is 9.70. The van der Waals surface area contributed by atoms with Crippen molar-refractivity contribution in [3.8, 4) is 0 Å². The van der Waals surface area contributed by atoms with Crippen molar-refractivity contribution >= 4 is 27.5 Å². The molecule has 2 aromatic rings. The highest BCUT2D eigenvalue weighted by atomic mass is 35.5. The topological polar surface area (TPSA) is 80.1 Å². The van der Waals surface area contributed by atoms with Crippen LogP contribution in [0.5, 0.6) is 0 Å². The van der Waals surface area contributed by atoms with Gasteiger partial charge in [-0.1, -0.05) is 11.6 Å². The van der Waals surface area contributed by atoms with Gasteiger partial charge in [0.15, 0.2) is 0 Å². The summed E-state index contributed by atoms with van der Waals surface area (Å²) in [6.07, 6.45) is -4.09. The van der Waals surface area contributed by atoms with Crippen LogP contribution in [0.2, 0.25) is 5.02 Å². The second-order valence-electron chi connectivity index (χ2n) is 7.58. The van der Waals surface area contributed by atoms with E-state index in [9.17, 15) is 26.4 Å². The molecule has 1 amide bonds. The number of sulfonamides is 1. The molecular formula is C20H22ClF3N2O5S. The number of amides is 1. The van der Waals surface area contributed by atoms with Crippen LogP contribution in [0.4, 0.5) is 13.2 Å². The van der Waals surface area contributed by atoms with Gasteiger partial charge in [-0.3, -0.25) is 4.79 Å². The molecule has 1 aliphatic heterocycles. The standard InChI is InChI=1S/C20H22ClF3N2O5S/c1-13-9-26(10-14(2)31-13)32(28,29)18-8-15(5-6-17(18)21)19(27)25(12-20(22,23)24)11-16-4-3-7-30-16/h3-8,13-14H,9-12H2,1-2H3. The molecular weight excluding hydrogens is 473 g/mol. The fraction of sp³-hybridized carbons (Fsp3) is 0.450. The molecule has 2 unspecified atom stereocenters. The van der Waals surface area contributed by atoms with Gasteiger partial charge in [-0.15, -0.1) is 0 Å². The zero-order valence-corrected chi connectivity index (χ0v) is 18.9. The van der Waals surface area contributed by atoms with Gasteiger partial charge in [0.1, 0.15) is 17.2 Å². The van der Waals surface area contributed by atoms with Crippen molar-refractivity contribution in [2.45, 2.75) is 43.7 Å². The van der Waals surface area contributed by atoms with Crippen molar-refractivity contribution < 1.29 is 35.5 Å². The van der Waals surface area contributed by atoms with Gasteiger partial charge in [-0.2, -0.15) is 17.5 Å². The summed E-state index contributed by atoms with van der Waals surface area (Å²) in [5.74, 6) is -0.851. The minimum atomic E-state index is -4.66. The molecule has 2 atom stereocenters. The number of ether oxygens (including phenoxy) is 1. The largest absolute Gasteiger partial charge is 0.467 e. The summed E-state index contributed by atoms with van der Waals surface area (Å²) >= 11 is 6.12. The van der Waals surface area contributed by atoms with Gasteiger partial charge in [-0.05, 0) is 44.2 Å². The van der Waals surface area contributed by atoms with E-state index >= 15 is 0 Å². The Hall–Kier alpha value is -2.08. The Labute approximate surface area is 188 Å². The van der Waals surface area contributed by atoms with E-state index in [1.807, 2.05) is 0 Å². The number of alkyl halides is 3. The molecule has 0 N–H and O–H groups in total. The van der Waals surface area contributed by atoms with Crippen LogP contribution in [0.3, 0.4) is 0 Å². The summed E-state index contributed by atoms with van der Waals surface area (Å²) in [5.41, 5.74) is -0.238. The van der Waals surface area contributed by atoms with Crippen molar-refractivity contribution in [1.29, 1.82) is 0 Å². The Kier molecular flexibility index (Phi) is 7.23. The van der Waals surface area contributed by atoms with E-state index in [1.165, 1.54) is 34.8 Å². The van der Waals surface area contributed by atoms with E-state index in [1.54, 1.807) is 13.8 Å². The first-order valence-corrected chi connectivity index (χ1v) is 11.5. The van der Waals surface area contributed by atoms with Gasteiger partial charge < -0.3 is 14.1 Å². The lowest BCUT2D eigenvalue weighted by atomic mass is 10.2. The minimum absolute atomic E-state index is 0.0832. The quantitative estimate of drug-likeness (QED) is 0.608. The van der Waals surface area contributed by atoms with Gasteiger partial charge in [0.25, 0.3) is 5.91 Å². The highest BCUT2D eigenvalue weighted by molar-refractivity contribution is 7.89. The summed E-state index contributed by atoms with van der Waals surface area (Å²) in [4.78, 5) is 13.1. The predicted octanol–water partition coefficient (Wildman–Crippen LogP) is 3.94. The third kappa shape index (κ3) is 5.83. The number of carbonyl (C=O) groups is 1. The molecule has 1 aliphatic rings. The zero-order chi connectivity index (χ0) is 23.7. The molecule has 7 nitrogen and oxygen atoms in total. The highest BCUT2D eigenvalue weighted by Crippen LogP contribution is 2.29. The number of rotatable bonds is 6. The molecule has 176 valence electrons. The first-order chi connectivity index (χ1) is 14.9. The van der Waals surface area contributed by atoms with Crippen molar-refractivity contribution in [2.75, 3.05) is 19.6 Å². The van der Waals surface area contributed by atoms with Gasteiger partial charge >= 0.3 is 6.18 Å². The molecule has 1 fully saturated rings. The van der Waals surface area contributed by atoms with E-state index in [2.05, 4.69) is 0 Å². The van der Waals surface area contributed by atoms with Crippen molar-refractivity contribution in [3.05, 3.63) is 52.9 Å². The van der Waals surface area contributed by atoms with E-state index < -0.39 is 35.2 Å². The van der Waals surface area contributed by atoms with Crippen LogP contribution in [-0.2, 0) is 21.3 Å². The van der Waals surface area contributed by atoms with Crippen LogP contribution >= 0.6 is 11.6 Å². The summed E-state index contributed by atoms with van der Waals surface area (Å²) in [5, 5.41) is -0.137. The number of hydrogen-bond acceptors (Lipinski definition) is 5. The monoisotopic (exact) mass is 494 g/mol. The molecule has 0 aliphatic carbocycles. The Balaban J connectivity index is 1.94. The zero-order valence-electron chi connectivity index (χ0n) is 17.3. The fourth-order valence-electron chi connectivity index (χ4n) is 3.49. The average Bonchev–Trinajstić information content (AvgIpc) is 3.18. The van der Waals surface area contributed by atoms with Gasteiger partial charge in [0.05, 0.1) is 30.0 Å². The highest BCUT2D eigenvalue weighted by Gasteiger charge is 2.36. The molecule has 12 heteroatoms. The number of halogens is 4. The SMILES string of the molecule is CC1CN(S(=O)(=O)c2cc(C(=O)N(Cc3ccco3)CC(F)(F)F)ccc2Cl)CC(C)O1. The molecule has 3 rings (SSSR count). The van der Waals surface area contributed by atoms with E-state index in [0.717, 1.165) is 6.07 Å². The first kappa shape index (κ1) is 24.6. The van der Waals surface area contributed by atoms with Crippen LogP contribution in [-0.4, -0.2) is 61.5 Å². The Morgan fingerprint density at radius 1 is 1.22 bits per heavy atom. The van der Waals surface area contributed by atoms with Gasteiger partial charge in [-0.25, -0.2) is 8.42 Å². The lowest BCUT2D eigenvalue weighted by Gasteiger charge is -2.34. The number of nitrogens with zero attached hydrogens (tertiary/aromatic N) is 2. The number of carbonyl (C=O) groups excluding carboxylic acids is 1. The summed E-state index contributed by atoms with van der Waals surface area (Å²) in [6.45, 7) is 1.65. The fourth-order valence-corrected chi connectivity index (χ4v) is 5.58. The molecule has 1 saturated heterocycles. The number of benzene rings is 1. The normalized spacial score (nSPS) is 20.3. The smallest absolute Gasteiger partial charge is 0.406 e. The summed E-state index contributed by atoms with van der Waals surface area (Å²) in [7, 11) is -4.12. The van der Waals surface area contributed by atoms with Crippen molar-refractivity contribution in [1.82, 2.24) is 9.21 Å². The summed E-state index contributed by atoms with van der Waals surface area (Å²) in [6, 6.07) is 6.32. The van der Waals surface area contributed by atoms with Crippen LogP contribution in [0, 0.1) is 0 Å². The van der Waals surface area contributed by atoms with Crippen LogP contribution < -0.4 is 0 Å². The molecule has 0 bridgehead atoms. The molecule has 0 radical (unpaired) electrons. The second kappa shape index (κ2) is 9.42. The maximum atomic E-state index is 13.2. The number of morpholine rings is 1. The summed E-state index contributed by atoms with van der Waals surface area (Å²) < 4.78 is 77.5. The van der Waals surface area contributed by atoms with Crippen LogP contribution in [0.25, 0.3) is 0 Å². The molecule has 1 aromatic carbocycles. The molecule has 2 heterocycles. The Morgan fingerprint density at radius 2 is 1.88 bits per heavy atom. The predicted molar refractivity (Wildman–Crippen MR) is 110 cm³/mol. The maximum absolute atomic E-state index is 13.2. The molecule has 32 heavy (non-hydrogen) atoms. The number of hydrogen-bond donors (Lipinski definition) is 0. The Morgan fingerprint density at radius 3 is 2.44 bits per heavy atom. The lowest BCUT2D eigenvalue weighted by molar-refractivity contribution is -0.142. The van der Waals surface area contributed by atoms with Crippen LogP contribution in [0.15, 0.2) is 45.9 Å². The third-order valence-corrected chi connectivity index (χ3v) is 7.08. The van der Waals surface area contributed by atoms with Crippen molar-refractivity contribution in [2.24, 2.45) is 0 Å². The molecule has 0 saturated carbocycles.